The molecule has 1 unspecified atom stereocenters. The van der Waals surface area contributed by atoms with E-state index in [2.05, 4.69) is 50.2 Å². The molecule has 0 radical (unpaired) electrons. The van der Waals surface area contributed by atoms with Gasteiger partial charge in [-0.25, -0.2) is 0 Å². The first kappa shape index (κ1) is 17.7. The second-order valence-corrected chi connectivity index (χ2v) is 7.50. The first-order valence-electron chi connectivity index (χ1n) is 9.99. The number of nitrogens with zero attached hydrogens (tertiary/aromatic N) is 3. The third-order valence-electron chi connectivity index (χ3n) is 5.66. The number of hydrogen-bond acceptors (Lipinski definition) is 5. The van der Waals surface area contributed by atoms with Gasteiger partial charge in [0, 0.05) is 25.0 Å². The van der Waals surface area contributed by atoms with Gasteiger partial charge in [0.2, 0.25) is 0 Å². The van der Waals surface area contributed by atoms with Gasteiger partial charge in [0.15, 0.2) is 0 Å². The van der Waals surface area contributed by atoms with Crippen LogP contribution in [0.1, 0.15) is 19.3 Å². The number of pyridine rings is 1. The third kappa shape index (κ3) is 3.66. The summed E-state index contributed by atoms with van der Waals surface area (Å²) in [5.41, 5.74) is 3.04. The quantitative estimate of drug-likeness (QED) is 0.727. The van der Waals surface area contributed by atoms with E-state index in [-0.39, 0.29) is 11.6 Å². The molecule has 3 heterocycles. The molecule has 1 aromatic carbocycles. The second kappa shape index (κ2) is 7.54. The van der Waals surface area contributed by atoms with Crippen molar-refractivity contribution in [3.63, 3.8) is 0 Å². The number of benzene rings is 1. The van der Waals surface area contributed by atoms with E-state index < -0.39 is 0 Å². The summed E-state index contributed by atoms with van der Waals surface area (Å²) in [5, 5.41) is 0.495. The Morgan fingerprint density at radius 1 is 1.17 bits per heavy atom. The smallest absolute Gasteiger partial charge is 0.302 e. The Bertz CT molecular complexity index is 1150. The van der Waals surface area contributed by atoms with Crippen molar-refractivity contribution in [2.45, 2.75) is 19.3 Å². The van der Waals surface area contributed by atoms with Crippen LogP contribution in [0.5, 0.6) is 11.8 Å². The largest absolute Gasteiger partial charge is 0.426 e. The van der Waals surface area contributed by atoms with Crippen molar-refractivity contribution in [2.24, 2.45) is 5.92 Å². The summed E-state index contributed by atoms with van der Waals surface area (Å²) in [6.07, 6.45) is 13.4. The van der Waals surface area contributed by atoms with E-state index in [1.165, 1.54) is 18.5 Å². The van der Waals surface area contributed by atoms with Crippen molar-refractivity contribution in [1.82, 2.24) is 15.0 Å². The maximum Gasteiger partial charge on any atom is 0.302 e. The molecule has 1 atom stereocenters. The van der Waals surface area contributed by atoms with Gasteiger partial charge in [-0.2, -0.15) is 4.98 Å². The van der Waals surface area contributed by atoms with Gasteiger partial charge < -0.3 is 9.64 Å². The van der Waals surface area contributed by atoms with Crippen molar-refractivity contribution in [3.8, 4) is 11.8 Å². The summed E-state index contributed by atoms with van der Waals surface area (Å²) in [6.45, 7) is 2.13. The second-order valence-electron chi connectivity index (χ2n) is 7.50. The lowest BCUT2D eigenvalue weighted by Crippen LogP contribution is -2.20. The SMILES string of the molecule is O=c1[nH]c(Oc2ccc(N3CCC(C4=CC=CCC4)C3)cc2)nc2cnccc12. The van der Waals surface area contributed by atoms with E-state index >= 15 is 0 Å². The predicted molar refractivity (Wildman–Crippen MR) is 113 cm³/mol. The highest BCUT2D eigenvalue weighted by molar-refractivity contribution is 5.76. The molecule has 0 bridgehead atoms. The minimum atomic E-state index is -0.237. The van der Waals surface area contributed by atoms with Crippen LogP contribution in [0.3, 0.4) is 0 Å². The Morgan fingerprint density at radius 3 is 2.90 bits per heavy atom. The fourth-order valence-electron chi connectivity index (χ4n) is 4.11. The number of hydrogen-bond donors (Lipinski definition) is 1. The van der Waals surface area contributed by atoms with Crippen LogP contribution in [-0.2, 0) is 0 Å². The first-order valence-corrected chi connectivity index (χ1v) is 9.99. The average Bonchev–Trinajstić information content (AvgIpc) is 3.25. The molecule has 0 spiro atoms. The van der Waals surface area contributed by atoms with Gasteiger partial charge in [0.25, 0.3) is 5.56 Å². The lowest BCUT2D eigenvalue weighted by atomic mass is 9.91. The molecule has 146 valence electrons. The molecule has 1 aliphatic carbocycles. The molecular weight excluding hydrogens is 364 g/mol. The van der Waals surface area contributed by atoms with Crippen LogP contribution in [-0.4, -0.2) is 28.0 Å². The minimum Gasteiger partial charge on any atom is -0.426 e. The highest BCUT2D eigenvalue weighted by Gasteiger charge is 2.25. The van der Waals surface area contributed by atoms with Crippen molar-refractivity contribution >= 4 is 16.6 Å². The van der Waals surface area contributed by atoms with Crippen LogP contribution >= 0.6 is 0 Å². The number of ether oxygens (including phenoxy) is 1. The molecule has 5 rings (SSSR count). The first-order chi connectivity index (χ1) is 14.3. The van der Waals surface area contributed by atoms with E-state index in [9.17, 15) is 4.79 Å². The molecule has 1 aliphatic heterocycles. The summed E-state index contributed by atoms with van der Waals surface area (Å²) in [5.74, 6) is 1.28. The van der Waals surface area contributed by atoms with Gasteiger partial charge >= 0.3 is 6.01 Å². The number of H-pyrrole nitrogens is 1. The third-order valence-corrected chi connectivity index (χ3v) is 5.66. The van der Waals surface area contributed by atoms with Gasteiger partial charge in [-0.15, -0.1) is 0 Å². The van der Waals surface area contributed by atoms with Gasteiger partial charge in [-0.05, 0) is 55.5 Å². The van der Waals surface area contributed by atoms with Crippen molar-refractivity contribution < 1.29 is 4.74 Å². The molecule has 1 saturated heterocycles. The molecular formula is C23H22N4O2. The molecule has 2 aliphatic rings. The topological polar surface area (TPSA) is 71.1 Å². The zero-order chi connectivity index (χ0) is 19.6. The fraction of sp³-hybridized carbons (Fsp3) is 0.261. The van der Waals surface area contributed by atoms with Crippen molar-refractivity contribution in [3.05, 3.63) is 76.9 Å². The predicted octanol–water partition coefficient (Wildman–Crippen LogP) is 4.21. The zero-order valence-electron chi connectivity index (χ0n) is 16.0. The van der Waals surface area contributed by atoms with Gasteiger partial charge in [-0.1, -0.05) is 23.8 Å². The summed E-state index contributed by atoms with van der Waals surface area (Å²) >= 11 is 0. The number of allylic oxidation sites excluding steroid dienone is 3. The molecule has 1 fully saturated rings. The van der Waals surface area contributed by atoms with Gasteiger partial charge in [0.1, 0.15) is 5.75 Å². The number of aromatic nitrogens is 3. The Kier molecular flexibility index (Phi) is 4.60. The molecule has 0 amide bonds. The molecule has 0 saturated carbocycles. The van der Waals surface area contributed by atoms with E-state index in [0.29, 0.717) is 22.6 Å². The molecule has 29 heavy (non-hydrogen) atoms. The maximum absolute atomic E-state index is 12.2. The molecule has 1 N–H and O–H groups in total. The summed E-state index contributed by atoms with van der Waals surface area (Å²) < 4.78 is 5.77. The highest BCUT2D eigenvalue weighted by atomic mass is 16.5. The Labute approximate surface area is 168 Å². The molecule has 6 nitrogen and oxygen atoms in total. The van der Waals surface area contributed by atoms with Crippen LogP contribution in [0, 0.1) is 5.92 Å². The Morgan fingerprint density at radius 2 is 2.07 bits per heavy atom. The Hall–Kier alpha value is -3.41. The van der Waals surface area contributed by atoms with Crippen LogP contribution in [0.4, 0.5) is 5.69 Å². The normalized spacial score (nSPS) is 18.8. The van der Waals surface area contributed by atoms with Gasteiger partial charge in [0.05, 0.1) is 17.1 Å². The summed E-state index contributed by atoms with van der Waals surface area (Å²) in [7, 11) is 0. The monoisotopic (exact) mass is 386 g/mol. The molecule has 3 aromatic rings. The zero-order valence-corrected chi connectivity index (χ0v) is 16.0. The minimum absolute atomic E-state index is 0.168. The number of aromatic amines is 1. The van der Waals surface area contributed by atoms with Crippen LogP contribution in [0.15, 0.2) is 71.3 Å². The highest BCUT2D eigenvalue weighted by Crippen LogP contribution is 2.32. The molecule has 6 heteroatoms. The lowest BCUT2D eigenvalue weighted by molar-refractivity contribution is 0.442. The number of nitrogens with one attached hydrogen (secondary N) is 1. The van der Waals surface area contributed by atoms with Gasteiger partial charge in [-0.3, -0.25) is 14.8 Å². The number of anilines is 1. The van der Waals surface area contributed by atoms with Crippen molar-refractivity contribution in [1.29, 1.82) is 0 Å². The summed E-state index contributed by atoms with van der Waals surface area (Å²) in [4.78, 5) is 25.6. The molecule has 2 aromatic heterocycles. The standard InChI is InChI=1S/C23H22N4O2/c28-22-20-10-12-24-14-21(20)25-23(26-22)29-19-8-6-18(7-9-19)27-13-11-17(15-27)16-4-2-1-3-5-16/h1-2,4,6-10,12,14,17H,3,5,11,13,15H2,(H,25,26,28). The average molecular weight is 386 g/mol. The van der Waals surface area contributed by atoms with Crippen LogP contribution in [0.2, 0.25) is 0 Å². The van der Waals surface area contributed by atoms with Crippen LogP contribution < -0.4 is 15.2 Å². The van der Waals surface area contributed by atoms with E-state index in [1.807, 2.05) is 12.1 Å². The van der Waals surface area contributed by atoms with Crippen molar-refractivity contribution in [2.75, 3.05) is 18.0 Å². The number of rotatable bonds is 4. The number of fused-ring (bicyclic) bond motifs is 1. The van der Waals surface area contributed by atoms with E-state index in [4.69, 9.17) is 4.74 Å². The van der Waals surface area contributed by atoms with E-state index in [1.54, 1.807) is 24.0 Å². The fourth-order valence-corrected chi connectivity index (χ4v) is 4.11. The maximum atomic E-state index is 12.2. The Balaban J connectivity index is 1.29. The van der Waals surface area contributed by atoms with Crippen LogP contribution in [0.25, 0.3) is 10.9 Å². The summed E-state index contributed by atoms with van der Waals surface area (Å²) in [6, 6.07) is 9.77. The lowest BCUT2D eigenvalue weighted by Gasteiger charge is -2.20. The van der Waals surface area contributed by atoms with E-state index in [0.717, 1.165) is 19.5 Å².